The number of hydrogen-bond donors (Lipinski definition) is 1. The first-order chi connectivity index (χ1) is 2.27. The SMILES string of the molecule is CCC(F)F.N. The third-order valence-corrected chi connectivity index (χ3v) is 0.309. The molecule has 0 aliphatic rings. The van der Waals surface area contributed by atoms with Gasteiger partial charge in [0.25, 0.3) is 0 Å². The lowest BCUT2D eigenvalue weighted by atomic mass is 10.5. The van der Waals surface area contributed by atoms with Crippen LogP contribution in [-0.2, 0) is 0 Å². The lowest BCUT2D eigenvalue weighted by Crippen LogP contribution is -1.80. The summed E-state index contributed by atoms with van der Waals surface area (Å²) in [6, 6.07) is 0. The van der Waals surface area contributed by atoms with Crippen LogP contribution in [0, 0.1) is 0 Å². The van der Waals surface area contributed by atoms with Crippen molar-refractivity contribution in [3.8, 4) is 0 Å². The van der Waals surface area contributed by atoms with Crippen LogP contribution in [-0.4, -0.2) is 6.43 Å². The van der Waals surface area contributed by atoms with E-state index in [9.17, 15) is 8.78 Å². The van der Waals surface area contributed by atoms with Crippen LogP contribution in [0.25, 0.3) is 0 Å². The van der Waals surface area contributed by atoms with Crippen molar-refractivity contribution in [1.29, 1.82) is 0 Å². The zero-order valence-corrected chi connectivity index (χ0v) is 3.75. The van der Waals surface area contributed by atoms with Crippen LogP contribution in [0.4, 0.5) is 8.78 Å². The molecule has 3 heteroatoms. The molecule has 0 amide bonds. The summed E-state index contributed by atoms with van der Waals surface area (Å²) in [6.07, 6.45) is -2.14. The minimum Gasteiger partial charge on any atom is -0.344 e. The van der Waals surface area contributed by atoms with E-state index in [0.29, 0.717) is 0 Å². The van der Waals surface area contributed by atoms with Crippen LogP contribution in [0.5, 0.6) is 0 Å². The van der Waals surface area contributed by atoms with Crippen molar-refractivity contribution >= 4 is 0 Å². The summed E-state index contributed by atoms with van der Waals surface area (Å²) < 4.78 is 21.5. The van der Waals surface area contributed by atoms with Crippen molar-refractivity contribution in [1.82, 2.24) is 6.15 Å². The van der Waals surface area contributed by atoms with Gasteiger partial charge in [0.15, 0.2) is 0 Å². The number of rotatable bonds is 1. The van der Waals surface area contributed by atoms with Gasteiger partial charge >= 0.3 is 0 Å². The third kappa shape index (κ3) is 9.17. The second-order valence-electron chi connectivity index (χ2n) is 0.799. The standard InChI is InChI=1S/C3H6F2.H3N/c1-2-3(4)5;/h3H,2H2,1H3;1H3. The summed E-state index contributed by atoms with van der Waals surface area (Å²) in [7, 11) is 0. The van der Waals surface area contributed by atoms with E-state index >= 15 is 0 Å². The Bertz CT molecular complexity index is 22.8. The Kier molecular flexibility index (Phi) is 7.44. The summed E-state index contributed by atoms with van der Waals surface area (Å²) in [6.45, 7) is 1.45. The minimum atomic E-state index is -2.12. The van der Waals surface area contributed by atoms with Crippen molar-refractivity contribution in [2.45, 2.75) is 19.8 Å². The van der Waals surface area contributed by atoms with Gasteiger partial charge < -0.3 is 6.15 Å². The quantitative estimate of drug-likeness (QED) is 0.532. The van der Waals surface area contributed by atoms with Crippen LogP contribution in [0.2, 0.25) is 0 Å². The molecule has 0 aliphatic carbocycles. The molecule has 1 nitrogen and oxygen atoms in total. The predicted octanol–water partition coefficient (Wildman–Crippen LogP) is 1.82. The van der Waals surface area contributed by atoms with Crippen molar-refractivity contribution in [2.75, 3.05) is 0 Å². The first-order valence-corrected chi connectivity index (χ1v) is 1.55. The van der Waals surface area contributed by atoms with Crippen LogP contribution in [0.1, 0.15) is 13.3 Å². The van der Waals surface area contributed by atoms with Crippen molar-refractivity contribution in [3.63, 3.8) is 0 Å². The molecule has 0 heterocycles. The molecule has 0 rings (SSSR count). The Morgan fingerprint density at radius 2 is 1.67 bits per heavy atom. The fraction of sp³-hybridized carbons (Fsp3) is 1.00. The van der Waals surface area contributed by atoms with E-state index in [-0.39, 0.29) is 12.6 Å². The zero-order chi connectivity index (χ0) is 4.28. The number of hydrogen-bond acceptors (Lipinski definition) is 1. The molecule has 0 aromatic heterocycles. The molecule has 0 bridgehead atoms. The van der Waals surface area contributed by atoms with Gasteiger partial charge in [-0.1, -0.05) is 6.92 Å². The summed E-state index contributed by atoms with van der Waals surface area (Å²) in [5.41, 5.74) is 0. The van der Waals surface area contributed by atoms with E-state index in [0.717, 1.165) is 0 Å². The fourth-order valence-electron chi connectivity index (χ4n) is 0. The number of halogens is 2. The molecule has 0 atom stereocenters. The molecule has 6 heavy (non-hydrogen) atoms. The van der Waals surface area contributed by atoms with Gasteiger partial charge in [-0.05, 0) is 0 Å². The maximum atomic E-state index is 10.8. The van der Waals surface area contributed by atoms with E-state index in [1.165, 1.54) is 6.92 Å². The van der Waals surface area contributed by atoms with Crippen LogP contribution >= 0.6 is 0 Å². The Balaban J connectivity index is 0. The normalized spacial score (nSPS) is 8.00. The first-order valence-electron chi connectivity index (χ1n) is 1.55. The van der Waals surface area contributed by atoms with Gasteiger partial charge in [-0.15, -0.1) is 0 Å². The van der Waals surface area contributed by atoms with Crippen molar-refractivity contribution in [2.24, 2.45) is 0 Å². The summed E-state index contributed by atoms with van der Waals surface area (Å²) in [4.78, 5) is 0. The Hall–Kier alpha value is -0.180. The second-order valence-corrected chi connectivity index (χ2v) is 0.799. The van der Waals surface area contributed by atoms with E-state index in [1.807, 2.05) is 0 Å². The van der Waals surface area contributed by atoms with Crippen LogP contribution < -0.4 is 6.15 Å². The Morgan fingerprint density at radius 3 is 1.67 bits per heavy atom. The van der Waals surface area contributed by atoms with Crippen LogP contribution in [0.15, 0.2) is 0 Å². The van der Waals surface area contributed by atoms with Crippen molar-refractivity contribution < 1.29 is 8.78 Å². The van der Waals surface area contributed by atoms with Gasteiger partial charge in [-0.25, -0.2) is 8.78 Å². The topological polar surface area (TPSA) is 35.0 Å². The predicted molar refractivity (Wildman–Crippen MR) is 21.3 cm³/mol. The molecular formula is C3H9F2N. The average Bonchev–Trinajstić information content (AvgIpc) is 1.38. The maximum absolute atomic E-state index is 10.8. The highest BCUT2D eigenvalue weighted by molar-refractivity contribution is 4.24. The largest absolute Gasteiger partial charge is 0.344 e. The van der Waals surface area contributed by atoms with Gasteiger partial charge in [-0.3, -0.25) is 0 Å². The summed E-state index contributed by atoms with van der Waals surface area (Å²) >= 11 is 0. The molecule has 0 aliphatic heterocycles. The summed E-state index contributed by atoms with van der Waals surface area (Å²) in [5, 5.41) is 0. The molecule has 40 valence electrons. The van der Waals surface area contributed by atoms with Gasteiger partial charge in [0.1, 0.15) is 0 Å². The second kappa shape index (κ2) is 4.82. The molecule has 3 N–H and O–H groups in total. The molecule has 0 fully saturated rings. The van der Waals surface area contributed by atoms with E-state index in [2.05, 4.69) is 0 Å². The highest BCUT2D eigenvalue weighted by Gasteiger charge is 1.91. The maximum Gasteiger partial charge on any atom is 0.238 e. The number of alkyl halides is 2. The van der Waals surface area contributed by atoms with E-state index < -0.39 is 6.43 Å². The zero-order valence-electron chi connectivity index (χ0n) is 3.75. The summed E-state index contributed by atoms with van der Waals surface area (Å²) in [5.74, 6) is 0. The average molecular weight is 97.1 g/mol. The minimum absolute atomic E-state index is 0. The molecule has 0 saturated carbocycles. The smallest absolute Gasteiger partial charge is 0.238 e. The van der Waals surface area contributed by atoms with E-state index in [4.69, 9.17) is 0 Å². The van der Waals surface area contributed by atoms with Gasteiger partial charge in [0, 0.05) is 6.42 Å². The van der Waals surface area contributed by atoms with Gasteiger partial charge in [-0.2, -0.15) is 0 Å². The molecule has 0 unspecified atom stereocenters. The van der Waals surface area contributed by atoms with E-state index in [1.54, 1.807) is 0 Å². The lowest BCUT2D eigenvalue weighted by Gasteiger charge is -1.81. The van der Waals surface area contributed by atoms with Gasteiger partial charge in [0.05, 0.1) is 0 Å². The lowest BCUT2D eigenvalue weighted by molar-refractivity contribution is 0.144. The van der Waals surface area contributed by atoms with Crippen molar-refractivity contribution in [3.05, 3.63) is 0 Å². The Morgan fingerprint density at radius 1 is 1.50 bits per heavy atom. The van der Waals surface area contributed by atoms with Crippen LogP contribution in [0.3, 0.4) is 0 Å². The molecular weight excluding hydrogens is 88.0 g/mol. The first kappa shape index (κ1) is 9.27. The van der Waals surface area contributed by atoms with Gasteiger partial charge in [0.2, 0.25) is 6.43 Å². The molecule has 0 saturated heterocycles. The molecule has 0 radical (unpaired) electrons. The monoisotopic (exact) mass is 97.1 g/mol. The molecule has 0 aromatic carbocycles. The highest BCUT2D eigenvalue weighted by Crippen LogP contribution is 1.93. The third-order valence-electron chi connectivity index (χ3n) is 0.309. The highest BCUT2D eigenvalue weighted by atomic mass is 19.3. The fourth-order valence-corrected chi connectivity index (χ4v) is 0. The molecule has 0 spiro atoms. The molecule has 0 aromatic rings. The Labute approximate surface area is 35.9 Å².